The first-order valence-corrected chi connectivity index (χ1v) is 6.46. The van der Waals surface area contributed by atoms with Gasteiger partial charge in [0.15, 0.2) is 4.34 Å². The molecule has 6 heteroatoms. The molecule has 1 aromatic carbocycles. The van der Waals surface area contributed by atoms with Crippen molar-refractivity contribution in [1.29, 1.82) is 0 Å². The van der Waals surface area contributed by atoms with Crippen LogP contribution in [0.15, 0.2) is 28.6 Å². The molecule has 1 heterocycles. The number of anilines is 1. The monoisotopic (exact) mass is 255 g/mol. The van der Waals surface area contributed by atoms with Crippen LogP contribution >= 0.6 is 23.1 Å². The number of halogens is 1. The average Bonchev–Trinajstić information content (AvgIpc) is 2.76. The molecule has 0 unspecified atom stereocenters. The van der Waals surface area contributed by atoms with Gasteiger partial charge in [0.25, 0.3) is 0 Å². The van der Waals surface area contributed by atoms with Crippen LogP contribution in [0.2, 0.25) is 0 Å². The lowest BCUT2D eigenvalue weighted by Gasteiger charge is -1.97. The van der Waals surface area contributed by atoms with E-state index in [2.05, 4.69) is 15.5 Å². The van der Waals surface area contributed by atoms with Crippen molar-refractivity contribution in [1.82, 2.24) is 10.2 Å². The Morgan fingerprint density at radius 2 is 2.06 bits per heavy atom. The zero-order valence-corrected chi connectivity index (χ0v) is 10.2. The summed E-state index contributed by atoms with van der Waals surface area (Å²) in [6, 6.07) is 6.49. The standard InChI is InChI=1S/C10H10FN3S2/c1-12-9-13-14-10(16-9)15-6-7-2-4-8(11)5-3-7/h2-5H,6H2,1H3,(H,12,13). The van der Waals surface area contributed by atoms with E-state index in [0.29, 0.717) is 0 Å². The minimum absolute atomic E-state index is 0.206. The van der Waals surface area contributed by atoms with Crippen LogP contribution in [0.4, 0.5) is 9.52 Å². The third kappa shape index (κ3) is 2.93. The Kier molecular flexibility index (Phi) is 3.74. The van der Waals surface area contributed by atoms with Gasteiger partial charge in [0.1, 0.15) is 5.82 Å². The SMILES string of the molecule is CNc1nnc(SCc2ccc(F)cc2)s1. The zero-order valence-electron chi connectivity index (χ0n) is 8.61. The molecular weight excluding hydrogens is 245 g/mol. The Bertz CT molecular complexity index is 455. The number of nitrogens with zero attached hydrogens (tertiary/aromatic N) is 2. The summed E-state index contributed by atoms with van der Waals surface area (Å²) in [5, 5.41) is 11.7. The molecule has 0 saturated carbocycles. The minimum Gasteiger partial charge on any atom is -0.363 e. The molecule has 0 aliphatic heterocycles. The van der Waals surface area contributed by atoms with Gasteiger partial charge in [-0.25, -0.2) is 4.39 Å². The summed E-state index contributed by atoms with van der Waals surface area (Å²) in [5.41, 5.74) is 1.08. The quantitative estimate of drug-likeness (QED) is 0.852. The van der Waals surface area contributed by atoms with Crippen LogP contribution in [-0.4, -0.2) is 17.2 Å². The van der Waals surface area contributed by atoms with Crippen LogP contribution in [-0.2, 0) is 5.75 Å². The van der Waals surface area contributed by atoms with E-state index in [1.807, 2.05) is 7.05 Å². The highest BCUT2D eigenvalue weighted by molar-refractivity contribution is 8.00. The molecule has 2 aromatic rings. The molecule has 16 heavy (non-hydrogen) atoms. The predicted octanol–water partition coefficient (Wildman–Crippen LogP) is 3.01. The first-order valence-electron chi connectivity index (χ1n) is 4.66. The maximum Gasteiger partial charge on any atom is 0.206 e. The van der Waals surface area contributed by atoms with Gasteiger partial charge in [-0.3, -0.25) is 0 Å². The highest BCUT2D eigenvalue weighted by Crippen LogP contribution is 2.27. The van der Waals surface area contributed by atoms with Gasteiger partial charge in [0.05, 0.1) is 0 Å². The maximum atomic E-state index is 12.7. The Hall–Kier alpha value is -1.14. The summed E-state index contributed by atoms with van der Waals surface area (Å²) in [4.78, 5) is 0. The van der Waals surface area contributed by atoms with E-state index in [0.717, 1.165) is 20.8 Å². The van der Waals surface area contributed by atoms with Crippen LogP contribution in [0.5, 0.6) is 0 Å². The fourth-order valence-corrected chi connectivity index (χ4v) is 2.76. The van der Waals surface area contributed by atoms with Crippen molar-refractivity contribution in [3.63, 3.8) is 0 Å². The average molecular weight is 255 g/mol. The molecule has 1 N–H and O–H groups in total. The van der Waals surface area contributed by atoms with Gasteiger partial charge >= 0.3 is 0 Å². The van der Waals surface area contributed by atoms with E-state index in [4.69, 9.17) is 0 Å². The topological polar surface area (TPSA) is 37.8 Å². The number of hydrogen-bond acceptors (Lipinski definition) is 5. The molecule has 1 aromatic heterocycles. The summed E-state index contributed by atoms with van der Waals surface area (Å²) in [5.74, 6) is 0.570. The molecule has 0 bridgehead atoms. The van der Waals surface area contributed by atoms with Gasteiger partial charge < -0.3 is 5.32 Å². The smallest absolute Gasteiger partial charge is 0.206 e. The molecule has 84 valence electrons. The third-order valence-electron chi connectivity index (χ3n) is 1.90. The first kappa shape index (κ1) is 11.3. The number of benzene rings is 1. The molecule has 2 rings (SSSR count). The van der Waals surface area contributed by atoms with E-state index in [-0.39, 0.29) is 5.82 Å². The van der Waals surface area contributed by atoms with Crippen LogP contribution < -0.4 is 5.32 Å². The molecule has 0 fully saturated rings. The number of nitrogens with one attached hydrogen (secondary N) is 1. The highest BCUT2D eigenvalue weighted by Gasteiger charge is 2.03. The van der Waals surface area contributed by atoms with E-state index in [1.165, 1.54) is 23.5 Å². The van der Waals surface area contributed by atoms with Gasteiger partial charge in [0, 0.05) is 12.8 Å². The summed E-state index contributed by atoms with van der Waals surface area (Å²) in [6.45, 7) is 0. The Morgan fingerprint density at radius 1 is 1.31 bits per heavy atom. The maximum absolute atomic E-state index is 12.7. The van der Waals surface area contributed by atoms with Crippen molar-refractivity contribution in [2.24, 2.45) is 0 Å². The van der Waals surface area contributed by atoms with Crippen LogP contribution in [0.25, 0.3) is 0 Å². The molecule has 0 saturated heterocycles. The summed E-state index contributed by atoms with van der Waals surface area (Å²) in [6.07, 6.45) is 0. The normalized spacial score (nSPS) is 10.4. The lowest BCUT2D eigenvalue weighted by atomic mass is 10.2. The second-order valence-corrected chi connectivity index (χ2v) is 5.24. The highest BCUT2D eigenvalue weighted by atomic mass is 32.2. The lowest BCUT2D eigenvalue weighted by Crippen LogP contribution is -1.84. The van der Waals surface area contributed by atoms with Crippen molar-refractivity contribution >= 4 is 28.2 Å². The van der Waals surface area contributed by atoms with Gasteiger partial charge in [-0.2, -0.15) is 0 Å². The van der Waals surface area contributed by atoms with Gasteiger partial charge in [-0.1, -0.05) is 35.2 Å². The molecule has 3 nitrogen and oxygen atoms in total. The molecule has 0 aliphatic carbocycles. The summed E-state index contributed by atoms with van der Waals surface area (Å²) >= 11 is 3.11. The Labute approximate surface area is 101 Å². The summed E-state index contributed by atoms with van der Waals surface area (Å²) in [7, 11) is 1.81. The van der Waals surface area contributed by atoms with Crippen LogP contribution in [0.1, 0.15) is 5.56 Å². The fourth-order valence-electron chi connectivity index (χ4n) is 1.09. The van der Waals surface area contributed by atoms with Crippen LogP contribution in [0.3, 0.4) is 0 Å². The minimum atomic E-state index is -0.206. The van der Waals surface area contributed by atoms with E-state index in [9.17, 15) is 4.39 Å². The van der Waals surface area contributed by atoms with Crippen LogP contribution in [0, 0.1) is 5.82 Å². The Morgan fingerprint density at radius 3 is 2.69 bits per heavy atom. The molecule has 0 atom stereocenters. The van der Waals surface area contributed by atoms with E-state index in [1.54, 1.807) is 23.9 Å². The van der Waals surface area contributed by atoms with Gasteiger partial charge in [-0.15, -0.1) is 10.2 Å². The van der Waals surface area contributed by atoms with Crippen molar-refractivity contribution in [3.8, 4) is 0 Å². The Balaban J connectivity index is 1.94. The van der Waals surface area contributed by atoms with Gasteiger partial charge in [-0.05, 0) is 17.7 Å². The third-order valence-corrected chi connectivity index (χ3v) is 4.04. The number of thioether (sulfide) groups is 1. The molecule has 0 radical (unpaired) electrons. The molecule has 0 amide bonds. The first-order chi connectivity index (χ1) is 7.78. The predicted molar refractivity (Wildman–Crippen MR) is 65.4 cm³/mol. The largest absolute Gasteiger partial charge is 0.363 e. The van der Waals surface area contributed by atoms with Crippen molar-refractivity contribution in [2.75, 3.05) is 12.4 Å². The number of rotatable bonds is 4. The molecule has 0 spiro atoms. The van der Waals surface area contributed by atoms with Crippen molar-refractivity contribution < 1.29 is 4.39 Å². The van der Waals surface area contributed by atoms with E-state index >= 15 is 0 Å². The molecule has 0 aliphatic rings. The van der Waals surface area contributed by atoms with Crippen molar-refractivity contribution in [3.05, 3.63) is 35.6 Å². The zero-order chi connectivity index (χ0) is 11.4. The van der Waals surface area contributed by atoms with Crippen molar-refractivity contribution in [2.45, 2.75) is 10.1 Å². The number of aromatic nitrogens is 2. The second kappa shape index (κ2) is 5.27. The summed E-state index contributed by atoms with van der Waals surface area (Å²) < 4.78 is 13.6. The lowest BCUT2D eigenvalue weighted by molar-refractivity contribution is 0.627. The number of hydrogen-bond donors (Lipinski definition) is 1. The fraction of sp³-hybridized carbons (Fsp3) is 0.200. The van der Waals surface area contributed by atoms with Gasteiger partial charge in [0.2, 0.25) is 5.13 Å². The second-order valence-electron chi connectivity index (χ2n) is 3.04. The van der Waals surface area contributed by atoms with E-state index < -0.39 is 0 Å². The molecular formula is C10H10FN3S2.